The monoisotopic (exact) mass is 346 g/mol. The molecule has 0 aliphatic rings. The number of hydrogen-bond acceptors (Lipinski definition) is 7. The van der Waals surface area contributed by atoms with Crippen LogP contribution in [0.2, 0.25) is 0 Å². The first kappa shape index (κ1) is 18.7. The van der Waals surface area contributed by atoms with E-state index >= 15 is 0 Å². The second-order valence-electron chi connectivity index (χ2n) is 5.80. The molecule has 0 spiro atoms. The molecule has 0 unspecified atom stereocenters. The number of nitrogens with zero attached hydrogens (tertiary/aromatic N) is 3. The van der Waals surface area contributed by atoms with Crippen molar-refractivity contribution >= 4 is 17.5 Å². The maximum Gasteiger partial charge on any atom is 0.220 e. The summed E-state index contributed by atoms with van der Waals surface area (Å²) in [7, 11) is 0. The van der Waals surface area contributed by atoms with Gasteiger partial charge in [-0.3, -0.25) is 4.79 Å². The van der Waals surface area contributed by atoms with Gasteiger partial charge in [0.15, 0.2) is 0 Å². The Kier molecular flexibility index (Phi) is 6.73. The first-order valence-electron chi connectivity index (χ1n) is 8.51. The summed E-state index contributed by atoms with van der Waals surface area (Å²) >= 11 is 0. The van der Waals surface area contributed by atoms with Crippen molar-refractivity contribution in [2.45, 2.75) is 40.5 Å². The number of anilines is 2. The lowest BCUT2D eigenvalue weighted by atomic mass is 10.1. The fraction of sp³-hybridized carbons (Fsp3) is 0.529. The molecule has 0 radical (unpaired) electrons. The Morgan fingerprint density at radius 1 is 1.12 bits per heavy atom. The van der Waals surface area contributed by atoms with E-state index in [4.69, 9.17) is 4.52 Å². The lowest BCUT2D eigenvalue weighted by molar-refractivity contribution is -0.120. The van der Waals surface area contributed by atoms with Crippen LogP contribution in [-0.4, -0.2) is 40.7 Å². The number of carbonyl (C=O) groups is 1. The molecule has 0 aromatic carbocycles. The van der Waals surface area contributed by atoms with Gasteiger partial charge in [0.05, 0.1) is 5.69 Å². The van der Waals surface area contributed by atoms with E-state index in [1.807, 2.05) is 33.8 Å². The average molecular weight is 346 g/mol. The standard InChI is InChI=1S/C17H26N6O2/c1-5-18-15-10-16(22-13(4)21-15)19-8-9-20-17(24)7-6-14-11(2)23-25-12(14)3/h10H,5-9H2,1-4H3,(H,20,24)(H2,18,19,21,22). The van der Waals surface area contributed by atoms with Crippen molar-refractivity contribution < 1.29 is 9.32 Å². The average Bonchev–Trinajstić information content (AvgIpc) is 2.88. The molecule has 8 heteroatoms. The van der Waals surface area contributed by atoms with E-state index in [1.165, 1.54) is 0 Å². The second kappa shape index (κ2) is 9.00. The number of amides is 1. The Balaban J connectivity index is 1.71. The second-order valence-corrected chi connectivity index (χ2v) is 5.80. The summed E-state index contributed by atoms with van der Waals surface area (Å²) in [6.45, 7) is 9.54. The van der Waals surface area contributed by atoms with Gasteiger partial charge in [0.1, 0.15) is 23.2 Å². The van der Waals surface area contributed by atoms with Crippen molar-refractivity contribution in [2.24, 2.45) is 0 Å². The molecular formula is C17H26N6O2. The van der Waals surface area contributed by atoms with Gasteiger partial charge >= 0.3 is 0 Å². The first-order valence-corrected chi connectivity index (χ1v) is 8.51. The van der Waals surface area contributed by atoms with Gasteiger partial charge < -0.3 is 20.5 Å². The third-order valence-corrected chi connectivity index (χ3v) is 3.73. The van der Waals surface area contributed by atoms with Crippen molar-refractivity contribution in [1.82, 2.24) is 20.4 Å². The van der Waals surface area contributed by atoms with Crippen LogP contribution in [0, 0.1) is 20.8 Å². The van der Waals surface area contributed by atoms with Gasteiger partial charge in [-0.15, -0.1) is 0 Å². The topological polar surface area (TPSA) is 105 Å². The molecule has 3 N–H and O–H groups in total. The highest BCUT2D eigenvalue weighted by Crippen LogP contribution is 2.14. The fourth-order valence-corrected chi connectivity index (χ4v) is 2.51. The minimum absolute atomic E-state index is 0.00834. The number of hydrogen-bond donors (Lipinski definition) is 3. The lowest BCUT2D eigenvalue weighted by Gasteiger charge is -2.10. The summed E-state index contributed by atoms with van der Waals surface area (Å²) < 4.78 is 5.10. The van der Waals surface area contributed by atoms with Crippen LogP contribution in [0.15, 0.2) is 10.6 Å². The van der Waals surface area contributed by atoms with Crippen molar-refractivity contribution in [2.75, 3.05) is 30.3 Å². The van der Waals surface area contributed by atoms with Crippen LogP contribution in [0.3, 0.4) is 0 Å². The number of aryl methyl sites for hydroxylation is 3. The molecule has 2 heterocycles. The molecule has 2 aromatic heterocycles. The molecule has 0 saturated carbocycles. The SMILES string of the molecule is CCNc1cc(NCCNC(=O)CCc2c(C)noc2C)nc(C)n1. The van der Waals surface area contributed by atoms with Crippen LogP contribution in [0.1, 0.15) is 36.2 Å². The van der Waals surface area contributed by atoms with Crippen molar-refractivity contribution in [3.63, 3.8) is 0 Å². The zero-order valence-corrected chi connectivity index (χ0v) is 15.3. The minimum Gasteiger partial charge on any atom is -0.370 e. The van der Waals surface area contributed by atoms with Crippen LogP contribution in [0.5, 0.6) is 0 Å². The van der Waals surface area contributed by atoms with Crippen molar-refractivity contribution in [3.8, 4) is 0 Å². The fourth-order valence-electron chi connectivity index (χ4n) is 2.51. The number of aromatic nitrogens is 3. The predicted molar refractivity (Wildman–Crippen MR) is 96.7 cm³/mol. The predicted octanol–water partition coefficient (Wildman–Crippen LogP) is 1.98. The summed E-state index contributed by atoms with van der Waals surface area (Å²) in [6.07, 6.45) is 1.05. The van der Waals surface area contributed by atoms with E-state index in [-0.39, 0.29) is 5.91 Å². The Morgan fingerprint density at radius 2 is 1.84 bits per heavy atom. The van der Waals surface area contributed by atoms with E-state index in [9.17, 15) is 4.79 Å². The van der Waals surface area contributed by atoms with Gasteiger partial charge in [-0.25, -0.2) is 9.97 Å². The highest BCUT2D eigenvalue weighted by Gasteiger charge is 2.10. The Morgan fingerprint density at radius 3 is 2.48 bits per heavy atom. The molecule has 0 fully saturated rings. The van der Waals surface area contributed by atoms with Crippen molar-refractivity contribution in [3.05, 3.63) is 28.9 Å². The van der Waals surface area contributed by atoms with Crippen molar-refractivity contribution in [1.29, 1.82) is 0 Å². The number of nitrogens with one attached hydrogen (secondary N) is 3. The third-order valence-electron chi connectivity index (χ3n) is 3.73. The third kappa shape index (κ3) is 5.74. The Labute approximate surface area is 147 Å². The molecule has 8 nitrogen and oxygen atoms in total. The molecule has 2 rings (SSSR count). The Bertz CT molecular complexity index is 694. The zero-order valence-electron chi connectivity index (χ0n) is 15.3. The van der Waals surface area contributed by atoms with E-state index in [2.05, 4.69) is 31.1 Å². The van der Waals surface area contributed by atoms with Crippen LogP contribution >= 0.6 is 0 Å². The molecule has 0 aliphatic carbocycles. The van der Waals surface area contributed by atoms with Crippen LogP contribution in [0.25, 0.3) is 0 Å². The molecule has 0 saturated heterocycles. The lowest BCUT2D eigenvalue weighted by Crippen LogP contribution is -2.29. The van der Waals surface area contributed by atoms with Gasteiger partial charge in [-0.2, -0.15) is 0 Å². The van der Waals surface area contributed by atoms with E-state index < -0.39 is 0 Å². The maximum atomic E-state index is 11.9. The quantitative estimate of drug-likeness (QED) is 0.596. The van der Waals surface area contributed by atoms with Gasteiger partial charge in [0.25, 0.3) is 0 Å². The molecule has 25 heavy (non-hydrogen) atoms. The van der Waals surface area contributed by atoms with E-state index in [1.54, 1.807) is 0 Å². The molecule has 1 amide bonds. The smallest absolute Gasteiger partial charge is 0.220 e. The largest absolute Gasteiger partial charge is 0.370 e. The molecule has 0 aliphatic heterocycles. The normalized spacial score (nSPS) is 10.6. The van der Waals surface area contributed by atoms with Gasteiger partial charge in [0, 0.05) is 37.7 Å². The molecule has 136 valence electrons. The molecule has 2 aromatic rings. The molecular weight excluding hydrogens is 320 g/mol. The zero-order chi connectivity index (χ0) is 18.2. The molecule has 0 bridgehead atoms. The maximum absolute atomic E-state index is 11.9. The highest BCUT2D eigenvalue weighted by atomic mass is 16.5. The van der Waals surface area contributed by atoms with Gasteiger partial charge in [-0.1, -0.05) is 5.16 Å². The van der Waals surface area contributed by atoms with E-state index in [0.717, 1.165) is 35.2 Å². The summed E-state index contributed by atoms with van der Waals surface area (Å²) in [6, 6.07) is 1.86. The van der Waals surface area contributed by atoms with Gasteiger partial charge in [0.2, 0.25) is 5.91 Å². The summed E-state index contributed by atoms with van der Waals surface area (Å²) in [4.78, 5) is 20.6. The number of carbonyl (C=O) groups excluding carboxylic acids is 1. The Hall–Kier alpha value is -2.64. The van der Waals surface area contributed by atoms with Crippen LogP contribution < -0.4 is 16.0 Å². The summed E-state index contributed by atoms with van der Waals surface area (Å²) in [5.41, 5.74) is 1.86. The first-order chi connectivity index (χ1) is 12.0. The van der Waals surface area contributed by atoms with Crippen LogP contribution in [0.4, 0.5) is 11.6 Å². The number of rotatable bonds is 9. The summed E-state index contributed by atoms with van der Waals surface area (Å²) in [5.74, 6) is 3.02. The van der Waals surface area contributed by atoms with Crippen LogP contribution in [-0.2, 0) is 11.2 Å². The highest BCUT2D eigenvalue weighted by molar-refractivity contribution is 5.76. The van der Waals surface area contributed by atoms with Gasteiger partial charge in [-0.05, 0) is 34.1 Å². The molecule has 0 atom stereocenters. The summed E-state index contributed by atoms with van der Waals surface area (Å²) in [5, 5.41) is 13.2. The minimum atomic E-state index is 0.00834. The van der Waals surface area contributed by atoms with E-state index in [0.29, 0.717) is 31.8 Å².